The van der Waals surface area contributed by atoms with Crippen LogP contribution >= 0.6 is 0 Å². The van der Waals surface area contributed by atoms with E-state index in [1.165, 1.54) is 12.4 Å². The normalized spacial score (nSPS) is 15.6. The fourth-order valence-corrected chi connectivity index (χ4v) is 2.15. The van der Waals surface area contributed by atoms with E-state index in [0.29, 0.717) is 5.95 Å². The van der Waals surface area contributed by atoms with Crippen LogP contribution in [0.1, 0.15) is 0 Å². The average molecular weight is 259 g/mol. The van der Waals surface area contributed by atoms with Gasteiger partial charge in [-0.1, -0.05) is 6.07 Å². The third-order valence-corrected chi connectivity index (χ3v) is 3.14. The highest BCUT2D eigenvalue weighted by Gasteiger charge is 2.19. The molecular weight excluding hydrogens is 245 g/mol. The molecule has 0 spiro atoms. The molecule has 0 bridgehead atoms. The Hall–Kier alpha value is -2.24. The second kappa shape index (κ2) is 5.17. The molecule has 0 unspecified atom stereocenters. The maximum Gasteiger partial charge on any atom is 0.225 e. The summed E-state index contributed by atoms with van der Waals surface area (Å²) in [6, 6.07) is 5.90. The highest BCUT2D eigenvalue weighted by molar-refractivity contribution is 5.41. The first-order chi connectivity index (χ1) is 9.33. The molecular formula is C13H14FN5. The predicted molar refractivity (Wildman–Crippen MR) is 70.7 cm³/mol. The molecule has 0 aromatic carbocycles. The molecule has 0 N–H and O–H groups in total. The van der Waals surface area contributed by atoms with Gasteiger partial charge in [-0.15, -0.1) is 0 Å². The van der Waals surface area contributed by atoms with Crippen molar-refractivity contribution >= 4 is 11.8 Å². The van der Waals surface area contributed by atoms with E-state index in [0.717, 1.165) is 32.0 Å². The molecule has 0 radical (unpaired) electrons. The lowest BCUT2D eigenvalue weighted by molar-refractivity contribution is 0.601. The van der Waals surface area contributed by atoms with Crippen molar-refractivity contribution in [2.75, 3.05) is 36.0 Å². The van der Waals surface area contributed by atoms with Crippen molar-refractivity contribution in [1.82, 2.24) is 15.0 Å². The Bertz CT molecular complexity index is 522. The van der Waals surface area contributed by atoms with E-state index in [2.05, 4.69) is 24.8 Å². The van der Waals surface area contributed by atoms with Crippen molar-refractivity contribution in [3.05, 3.63) is 42.6 Å². The fourth-order valence-electron chi connectivity index (χ4n) is 2.15. The molecule has 19 heavy (non-hydrogen) atoms. The van der Waals surface area contributed by atoms with Crippen LogP contribution in [0.15, 0.2) is 36.8 Å². The summed E-state index contributed by atoms with van der Waals surface area (Å²) in [6.07, 6.45) is 4.20. The first-order valence-corrected chi connectivity index (χ1v) is 6.21. The maximum absolute atomic E-state index is 12.8. The van der Waals surface area contributed by atoms with E-state index < -0.39 is 5.82 Å². The molecule has 3 rings (SSSR count). The molecule has 2 aromatic heterocycles. The van der Waals surface area contributed by atoms with Gasteiger partial charge in [0.05, 0.1) is 12.4 Å². The van der Waals surface area contributed by atoms with E-state index in [1.54, 1.807) is 6.20 Å². The molecule has 6 heteroatoms. The second-order valence-electron chi connectivity index (χ2n) is 4.36. The summed E-state index contributed by atoms with van der Waals surface area (Å²) in [4.78, 5) is 16.6. The predicted octanol–water partition coefficient (Wildman–Crippen LogP) is 1.34. The van der Waals surface area contributed by atoms with Crippen molar-refractivity contribution in [2.24, 2.45) is 0 Å². The van der Waals surface area contributed by atoms with Crippen LogP contribution in [0.25, 0.3) is 0 Å². The third-order valence-electron chi connectivity index (χ3n) is 3.14. The number of halogens is 1. The van der Waals surface area contributed by atoms with E-state index in [4.69, 9.17) is 0 Å². The van der Waals surface area contributed by atoms with Gasteiger partial charge in [0.1, 0.15) is 5.82 Å². The molecule has 5 nitrogen and oxygen atoms in total. The standard InChI is InChI=1S/C13H14FN5/c14-11-9-16-13(17-10-11)19-7-5-18(6-8-19)12-3-1-2-4-15-12/h1-4,9-10H,5-8H2. The van der Waals surface area contributed by atoms with Crippen LogP contribution in [0.3, 0.4) is 0 Å². The number of hydrogen-bond acceptors (Lipinski definition) is 5. The van der Waals surface area contributed by atoms with Crippen LogP contribution in [0.2, 0.25) is 0 Å². The van der Waals surface area contributed by atoms with E-state index in [9.17, 15) is 4.39 Å². The van der Waals surface area contributed by atoms with Crippen molar-refractivity contribution in [3.63, 3.8) is 0 Å². The first kappa shape index (κ1) is 11.8. The number of anilines is 2. The van der Waals surface area contributed by atoms with Crippen molar-refractivity contribution in [1.29, 1.82) is 0 Å². The monoisotopic (exact) mass is 259 g/mol. The zero-order chi connectivity index (χ0) is 13.1. The molecule has 98 valence electrons. The number of rotatable bonds is 2. The molecule has 1 saturated heterocycles. The van der Waals surface area contributed by atoms with Gasteiger partial charge in [-0.25, -0.2) is 19.3 Å². The lowest BCUT2D eigenvalue weighted by Crippen LogP contribution is -2.47. The Balaban J connectivity index is 1.65. The smallest absolute Gasteiger partial charge is 0.225 e. The minimum absolute atomic E-state index is 0.407. The summed E-state index contributed by atoms with van der Waals surface area (Å²) in [5.74, 6) is 1.17. The van der Waals surface area contributed by atoms with Crippen molar-refractivity contribution in [3.8, 4) is 0 Å². The van der Waals surface area contributed by atoms with Gasteiger partial charge in [-0.05, 0) is 12.1 Å². The molecule has 0 saturated carbocycles. The molecule has 1 aliphatic heterocycles. The Morgan fingerprint density at radius 3 is 2.21 bits per heavy atom. The van der Waals surface area contributed by atoms with Crippen molar-refractivity contribution in [2.45, 2.75) is 0 Å². The van der Waals surface area contributed by atoms with Crippen LogP contribution in [0.5, 0.6) is 0 Å². The van der Waals surface area contributed by atoms with Gasteiger partial charge in [0, 0.05) is 32.4 Å². The molecule has 1 fully saturated rings. The molecule has 3 heterocycles. The van der Waals surface area contributed by atoms with Gasteiger partial charge in [-0.3, -0.25) is 0 Å². The van der Waals surface area contributed by atoms with Crippen LogP contribution in [0, 0.1) is 5.82 Å². The van der Waals surface area contributed by atoms with Crippen LogP contribution in [0.4, 0.5) is 16.2 Å². The van der Waals surface area contributed by atoms with E-state index >= 15 is 0 Å². The van der Waals surface area contributed by atoms with Gasteiger partial charge in [0.25, 0.3) is 0 Å². The Kier molecular flexibility index (Phi) is 3.22. The molecule has 0 aliphatic carbocycles. The number of hydrogen-bond donors (Lipinski definition) is 0. The van der Waals surface area contributed by atoms with Crippen LogP contribution in [-0.2, 0) is 0 Å². The van der Waals surface area contributed by atoms with E-state index in [1.807, 2.05) is 18.2 Å². The summed E-state index contributed by atoms with van der Waals surface area (Å²) in [7, 11) is 0. The highest BCUT2D eigenvalue weighted by atomic mass is 19.1. The topological polar surface area (TPSA) is 45.2 Å². The lowest BCUT2D eigenvalue weighted by Gasteiger charge is -2.35. The van der Waals surface area contributed by atoms with Gasteiger partial charge in [0.2, 0.25) is 5.95 Å². The largest absolute Gasteiger partial charge is 0.353 e. The number of aromatic nitrogens is 3. The summed E-state index contributed by atoms with van der Waals surface area (Å²) >= 11 is 0. The Morgan fingerprint density at radius 1 is 0.895 bits per heavy atom. The summed E-state index contributed by atoms with van der Waals surface area (Å²) < 4.78 is 12.8. The minimum atomic E-state index is -0.407. The molecule has 1 aliphatic rings. The lowest BCUT2D eigenvalue weighted by atomic mass is 10.3. The van der Waals surface area contributed by atoms with E-state index in [-0.39, 0.29) is 0 Å². The third kappa shape index (κ3) is 2.62. The molecule has 0 atom stereocenters. The zero-order valence-corrected chi connectivity index (χ0v) is 10.4. The van der Waals surface area contributed by atoms with Gasteiger partial charge in [-0.2, -0.15) is 0 Å². The fraction of sp³-hybridized carbons (Fsp3) is 0.308. The minimum Gasteiger partial charge on any atom is -0.353 e. The number of pyridine rings is 1. The molecule has 2 aromatic rings. The maximum atomic E-state index is 12.8. The summed E-state index contributed by atoms with van der Waals surface area (Å²) in [5.41, 5.74) is 0. The first-order valence-electron chi connectivity index (χ1n) is 6.21. The van der Waals surface area contributed by atoms with Gasteiger partial charge >= 0.3 is 0 Å². The Morgan fingerprint density at radius 2 is 1.58 bits per heavy atom. The quantitative estimate of drug-likeness (QED) is 0.814. The number of nitrogens with zero attached hydrogens (tertiary/aromatic N) is 5. The number of piperazine rings is 1. The summed E-state index contributed by atoms with van der Waals surface area (Å²) in [6.45, 7) is 3.33. The molecule has 0 amide bonds. The second-order valence-corrected chi connectivity index (χ2v) is 4.36. The van der Waals surface area contributed by atoms with Gasteiger partial charge in [0.15, 0.2) is 5.82 Å². The highest BCUT2D eigenvalue weighted by Crippen LogP contribution is 2.15. The van der Waals surface area contributed by atoms with Crippen LogP contribution in [-0.4, -0.2) is 41.1 Å². The van der Waals surface area contributed by atoms with Crippen molar-refractivity contribution < 1.29 is 4.39 Å². The van der Waals surface area contributed by atoms with Crippen LogP contribution < -0.4 is 9.80 Å². The van der Waals surface area contributed by atoms with Gasteiger partial charge < -0.3 is 9.80 Å². The Labute approximate surface area is 110 Å². The SMILES string of the molecule is Fc1cnc(N2CCN(c3ccccn3)CC2)nc1. The average Bonchev–Trinajstić information content (AvgIpc) is 2.49. The zero-order valence-electron chi connectivity index (χ0n) is 10.4. The summed E-state index contributed by atoms with van der Waals surface area (Å²) in [5, 5.41) is 0.